The Morgan fingerprint density at radius 3 is 2.00 bits per heavy atom. The average molecular weight is 482 g/mol. The summed E-state index contributed by atoms with van der Waals surface area (Å²) < 4.78 is 49.9. The van der Waals surface area contributed by atoms with E-state index in [1.807, 2.05) is 12.1 Å². The average Bonchev–Trinajstić information content (AvgIpc) is 2.74. The van der Waals surface area contributed by atoms with Crippen LogP contribution in [0.15, 0.2) is 58.3 Å². The lowest BCUT2D eigenvalue weighted by molar-refractivity contribution is -0.895. The minimum atomic E-state index is -3.78. The van der Waals surface area contributed by atoms with Crippen molar-refractivity contribution in [1.29, 1.82) is 0 Å². The molecule has 1 fully saturated rings. The fourth-order valence-corrected chi connectivity index (χ4v) is 5.51. The van der Waals surface area contributed by atoms with Gasteiger partial charge in [-0.25, -0.2) is 22.0 Å². The number of nitrogens with one attached hydrogen (secondary N) is 2. The zero-order chi connectivity index (χ0) is 23.5. The summed E-state index contributed by atoms with van der Waals surface area (Å²) in [6, 6.07) is 12.6. The second kappa shape index (κ2) is 9.67. The van der Waals surface area contributed by atoms with E-state index in [-0.39, 0.29) is 22.2 Å². The molecule has 0 saturated carbocycles. The van der Waals surface area contributed by atoms with Gasteiger partial charge < -0.3 is 10.2 Å². The van der Waals surface area contributed by atoms with Crippen molar-refractivity contribution in [3.05, 3.63) is 54.1 Å². The number of amides is 1. The zero-order valence-electron chi connectivity index (χ0n) is 18.1. The number of carbonyl (C=O) groups excluding carboxylic acids is 1. The topological polar surface area (TPSA) is 131 Å². The number of benzene rings is 2. The van der Waals surface area contributed by atoms with Crippen LogP contribution in [0.4, 0.5) is 5.69 Å². The number of piperazine rings is 1. The van der Waals surface area contributed by atoms with Gasteiger partial charge in [0.1, 0.15) is 0 Å². The lowest BCUT2D eigenvalue weighted by Gasteiger charge is -2.31. The molecule has 174 valence electrons. The number of nitrogens with two attached hydrogens (primary N) is 1. The summed E-state index contributed by atoms with van der Waals surface area (Å²) in [5.41, 5.74) is 1.55. The number of hydrogen-bond donors (Lipinski definition) is 3. The highest BCUT2D eigenvalue weighted by atomic mass is 32.2. The van der Waals surface area contributed by atoms with Gasteiger partial charge in [0.25, 0.3) is 5.91 Å². The van der Waals surface area contributed by atoms with Gasteiger partial charge in [-0.1, -0.05) is 26.0 Å². The minimum Gasteiger partial charge on any atom is -0.325 e. The number of hydrogen-bond acceptors (Lipinski definition) is 5. The molecular formula is C21H29N4O5S2+. The third kappa shape index (κ3) is 5.93. The number of carbonyl (C=O) groups is 1. The van der Waals surface area contributed by atoms with Crippen LogP contribution in [0.1, 0.15) is 25.3 Å². The Labute approximate surface area is 189 Å². The molecule has 0 atom stereocenters. The van der Waals surface area contributed by atoms with Crippen LogP contribution in [0.25, 0.3) is 0 Å². The first kappa shape index (κ1) is 24.3. The molecule has 0 bridgehead atoms. The summed E-state index contributed by atoms with van der Waals surface area (Å²) in [5.74, 6) is 0.0978. The van der Waals surface area contributed by atoms with E-state index < -0.39 is 20.0 Å². The quantitative estimate of drug-likeness (QED) is 0.512. The van der Waals surface area contributed by atoms with Crippen molar-refractivity contribution in [2.24, 2.45) is 5.14 Å². The highest BCUT2D eigenvalue weighted by molar-refractivity contribution is 7.89. The van der Waals surface area contributed by atoms with Crippen LogP contribution in [-0.4, -0.2) is 59.8 Å². The van der Waals surface area contributed by atoms with Crippen LogP contribution in [-0.2, 0) is 24.8 Å². The summed E-state index contributed by atoms with van der Waals surface area (Å²) in [7, 11) is -7.35. The van der Waals surface area contributed by atoms with Gasteiger partial charge >= 0.3 is 0 Å². The van der Waals surface area contributed by atoms with E-state index in [0.29, 0.717) is 37.8 Å². The van der Waals surface area contributed by atoms with E-state index in [9.17, 15) is 21.6 Å². The van der Waals surface area contributed by atoms with Crippen molar-refractivity contribution in [1.82, 2.24) is 4.31 Å². The second-order valence-electron chi connectivity index (χ2n) is 8.17. The molecule has 1 heterocycles. The predicted octanol–water partition coefficient (Wildman–Crippen LogP) is -0.0147. The molecule has 3 rings (SSSR count). The van der Waals surface area contributed by atoms with Gasteiger partial charge in [0.2, 0.25) is 20.0 Å². The molecular weight excluding hydrogens is 452 g/mol. The lowest BCUT2D eigenvalue weighted by atomic mass is 10.0. The molecule has 0 unspecified atom stereocenters. The molecule has 0 aliphatic carbocycles. The van der Waals surface area contributed by atoms with Crippen LogP contribution in [0, 0.1) is 0 Å². The van der Waals surface area contributed by atoms with Crippen LogP contribution < -0.4 is 15.4 Å². The Balaban J connectivity index is 1.53. The van der Waals surface area contributed by atoms with Gasteiger partial charge in [-0.05, 0) is 47.9 Å². The monoisotopic (exact) mass is 481 g/mol. The zero-order valence-corrected chi connectivity index (χ0v) is 19.7. The summed E-state index contributed by atoms with van der Waals surface area (Å²) in [6.45, 7) is 6.00. The molecule has 1 amide bonds. The maximum absolute atomic E-state index is 12.9. The molecule has 1 aliphatic rings. The summed E-state index contributed by atoms with van der Waals surface area (Å²) in [6.07, 6.45) is 0. The lowest BCUT2D eigenvalue weighted by Crippen LogP contribution is -3.15. The van der Waals surface area contributed by atoms with Gasteiger partial charge in [0.05, 0.1) is 36.0 Å². The number of quaternary nitrogens is 1. The SMILES string of the molecule is CC(C)c1ccc(S(=O)(=O)N2CC[NH+](CC(=O)Nc3ccc(S(N)(=O)=O)cc3)CC2)cc1. The van der Waals surface area contributed by atoms with Crippen molar-refractivity contribution in [2.75, 3.05) is 38.0 Å². The van der Waals surface area contributed by atoms with Gasteiger partial charge in [0, 0.05) is 5.69 Å². The number of sulfonamides is 2. The molecule has 0 radical (unpaired) electrons. The van der Waals surface area contributed by atoms with E-state index >= 15 is 0 Å². The second-order valence-corrected chi connectivity index (χ2v) is 11.7. The maximum atomic E-state index is 12.9. The Morgan fingerprint density at radius 2 is 1.50 bits per heavy atom. The first-order valence-electron chi connectivity index (χ1n) is 10.3. The Hall–Kier alpha value is -2.31. The molecule has 2 aromatic rings. The molecule has 0 aromatic heterocycles. The number of primary sulfonamides is 1. The summed E-state index contributed by atoms with van der Waals surface area (Å²) in [5, 5.41) is 7.79. The fourth-order valence-electron chi connectivity index (χ4n) is 3.55. The van der Waals surface area contributed by atoms with Crippen molar-refractivity contribution in [2.45, 2.75) is 29.6 Å². The van der Waals surface area contributed by atoms with Crippen LogP contribution in [0.3, 0.4) is 0 Å². The van der Waals surface area contributed by atoms with Crippen LogP contribution in [0.5, 0.6) is 0 Å². The molecule has 0 spiro atoms. The fraction of sp³-hybridized carbons (Fsp3) is 0.381. The van der Waals surface area contributed by atoms with Gasteiger partial charge in [-0.15, -0.1) is 0 Å². The molecule has 1 aliphatic heterocycles. The molecule has 2 aromatic carbocycles. The van der Waals surface area contributed by atoms with Crippen molar-refractivity contribution in [3.63, 3.8) is 0 Å². The first-order chi connectivity index (χ1) is 15.0. The van der Waals surface area contributed by atoms with Gasteiger partial charge in [-0.2, -0.15) is 4.31 Å². The summed E-state index contributed by atoms with van der Waals surface area (Å²) >= 11 is 0. The largest absolute Gasteiger partial charge is 0.325 e. The molecule has 32 heavy (non-hydrogen) atoms. The van der Waals surface area contributed by atoms with Gasteiger partial charge in [-0.3, -0.25) is 4.79 Å². The molecule has 1 saturated heterocycles. The highest BCUT2D eigenvalue weighted by Crippen LogP contribution is 2.20. The first-order valence-corrected chi connectivity index (χ1v) is 13.3. The maximum Gasteiger partial charge on any atom is 0.279 e. The van der Waals surface area contributed by atoms with E-state index in [2.05, 4.69) is 19.2 Å². The Morgan fingerprint density at radius 1 is 0.969 bits per heavy atom. The third-order valence-electron chi connectivity index (χ3n) is 5.49. The Kier molecular flexibility index (Phi) is 7.36. The standard InChI is InChI=1S/C21H28N4O5S2/c1-16(2)17-3-7-20(8-4-17)32(29,30)25-13-11-24(12-14-25)15-21(26)23-18-5-9-19(10-6-18)31(22,27)28/h3-10,16H,11-15H2,1-2H3,(H,23,26)(H2,22,27,28)/p+1. The normalized spacial score (nSPS) is 16.2. The highest BCUT2D eigenvalue weighted by Gasteiger charge is 2.31. The molecule has 9 nitrogen and oxygen atoms in total. The van der Waals surface area contributed by atoms with E-state index in [4.69, 9.17) is 5.14 Å². The van der Waals surface area contributed by atoms with E-state index in [1.54, 1.807) is 12.1 Å². The number of nitrogens with zero attached hydrogens (tertiary/aromatic N) is 1. The van der Waals surface area contributed by atoms with Gasteiger partial charge in [0.15, 0.2) is 6.54 Å². The van der Waals surface area contributed by atoms with Crippen molar-refractivity contribution < 1.29 is 26.5 Å². The van der Waals surface area contributed by atoms with Crippen molar-refractivity contribution >= 4 is 31.6 Å². The van der Waals surface area contributed by atoms with Crippen LogP contribution >= 0.6 is 0 Å². The minimum absolute atomic E-state index is 0.0303. The predicted molar refractivity (Wildman–Crippen MR) is 121 cm³/mol. The smallest absolute Gasteiger partial charge is 0.279 e. The van der Waals surface area contributed by atoms with E-state index in [0.717, 1.165) is 10.5 Å². The third-order valence-corrected chi connectivity index (χ3v) is 8.33. The number of rotatable bonds is 7. The number of anilines is 1. The van der Waals surface area contributed by atoms with Crippen LogP contribution in [0.2, 0.25) is 0 Å². The molecule has 4 N–H and O–H groups in total. The van der Waals surface area contributed by atoms with E-state index in [1.165, 1.54) is 28.6 Å². The Bertz CT molecular complexity index is 1150. The van der Waals surface area contributed by atoms with Crippen molar-refractivity contribution in [3.8, 4) is 0 Å². The summed E-state index contributed by atoms with van der Waals surface area (Å²) in [4.78, 5) is 13.6. The molecule has 11 heteroatoms.